The first-order valence-electron chi connectivity index (χ1n) is 4.60. The lowest BCUT2D eigenvalue weighted by atomic mass is 10.1. The second kappa shape index (κ2) is 5.06. The van der Waals surface area contributed by atoms with E-state index in [-0.39, 0.29) is 16.9 Å². The van der Waals surface area contributed by atoms with E-state index in [1.807, 2.05) is 0 Å². The molecule has 0 bridgehead atoms. The molecular formula is C10H10N2O5. The van der Waals surface area contributed by atoms with Crippen LogP contribution in [0.2, 0.25) is 0 Å². The number of hydrogen-bond acceptors (Lipinski definition) is 5. The van der Waals surface area contributed by atoms with E-state index in [4.69, 9.17) is 0 Å². The van der Waals surface area contributed by atoms with Gasteiger partial charge in [0.05, 0.1) is 17.6 Å². The molecule has 0 saturated heterocycles. The number of rotatable bonds is 3. The lowest BCUT2D eigenvalue weighted by Crippen LogP contribution is -2.13. The minimum absolute atomic E-state index is 0.0584. The van der Waals surface area contributed by atoms with Crippen molar-refractivity contribution in [2.24, 2.45) is 0 Å². The zero-order valence-corrected chi connectivity index (χ0v) is 9.22. The number of hydrogen-bond donors (Lipinski definition) is 1. The summed E-state index contributed by atoms with van der Waals surface area (Å²) in [5, 5.41) is 13.0. The summed E-state index contributed by atoms with van der Waals surface area (Å²) >= 11 is 0. The monoisotopic (exact) mass is 238 g/mol. The molecule has 1 aromatic rings. The molecule has 0 fully saturated rings. The van der Waals surface area contributed by atoms with E-state index in [1.54, 1.807) is 0 Å². The standard InChI is InChI=1S/C10H10N2O5/c1-6(13)11-9-7(10(14)17-2)4-3-5-8(9)12(15)16/h3-5H,1-2H3,(H,11,13). The third-order valence-corrected chi connectivity index (χ3v) is 1.95. The average Bonchev–Trinajstić information content (AvgIpc) is 2.27. The van der Waals surface area contributed by atoms with Crippen LogP contribution in [-0.2, 0) is 9.53 Å². The number of nitrogens with zero attached hydrogens (tertiary/aromatic N) is 1. The van der Waals surface area contributed by atoms with Gasteiger partial charge >= 0.3 is 5.97 Å². The molecule has 0 aliphatic carbocycles. The summed E-state index contributed by atoms with van der Waals surface area (Å²) in [6, 6.07) is 3.87. The van der Waals surface area contributed by atoms with E-state index in [0.29, 0.717) is 0 Å². The van der Waals surface area contributed by atoms with Crippen molar-refractivity contribution < 1.29 is 19.2 Å². The Morgan fingerprint density at radius 3 is 2.53 bits per heavy atom. The Morgan fingerprint density at radius 2 is 2.06 bits per heavy atom. The number of carbonyl (C=O) groups is 2. The number of esters is 1. The molecule has 0 spiro atoms. The maximum absolute atomic E-state index is 11.4. The molecule has 7 heteroatoms. The van der Waals surface area contributed by atoms with Crippen molar-refractivity contribution in [3.05, 3.63) is 33.9 Å². The van der Waals surface area contributed by atoms with Crippen LogP contribution in [-0.4, -0.2) is 23.9 Å². The molecule has 17 heavy (non-hydrogen) atoms. The highest BCUT2D eigenvalue weighted by molar-refractivity contribution is 6.03. The topological polar surface area (TPSA) is 98.5 Å². The minimum Gasteiger partial charge on any atom is -0.465 e. The number of nitro benzene ring substituents is 1. The Hall–Kier alpha value is -2.44. The fraction of sp³-hybridized carbons (Fsp3) is 0.200. The second-order valence-corrected chi connectivity index (χ2v) is 3.13. The van der Waals surface area contributed by atoms with Gasteiger partial charge in [0.1, 0.15) is 5.69 Å². The molecule has 1 rings (SSSR count). The number of benzene rings is 1. The highest BCUT2D eigenvalue weighted by Gasteiger charge is 2.22. The van der Waals surface area contributed by atoms with Gasteiger partial charge in [-0.25, -0.2) is 4.79 Å². The Balaban J connectivity index is 3.38. The van der Waals surface area contributed by atoms with Gasteiger partial charge in [-0.05, 0) is 6.07 Å². The molecule has 0 saturated carbocycles. The Labute approximate surface area is 96.5 Å². The smallest absolute Gasteiger partial charge is 0.340 e. The number of ether oxygens (including phenoxy) is 1. The fourth-order valence-corrected chi connectivity index (χ4v) is 1.28. The summed E-state index contributed by atoms with van der Waals surface area (Å²) < 4.78 is 4.48. The van der Waals surface area contributed by atoms with Crippen LogP contribution < -0.4 is 5.32 Å². The van der Waals surface area contributed by atoms with Gasteiger partial charge < -0.3 is 10.1 Å². The molecule has 0 aliphatic rings. The van der Waals surface area contributed by atoms with Crippen molar-refractivity contribution in [3.63, 3.8) is 0 Å². The minimum atomic E-state index is -0.752. The highest BCUT2D eigenvalue weighted by atomic mass is 16.6. The summed E-state index contributed by atoms with van der Waals surface area (Å²) in [6.45, 7) is 1.19. The summed E-state index contributed by atoms with van der Waals surface area (Å²) in [5.41, 5.74) is -0.572. The van der Waals surface area contributed by atoms with Crippen LogP contribution in [0, 0.1) is 10.1 Å². The number of anilines is 1. The number of nitrogens with one attached hydrogen (secondary N) is 1. The largest absolute Gasteiger partial charge is 0.465 e. The van der Waals surface area contributed by atoms with Crippen LogP contribution in [0.4, 0.5) is 11.4 Å². The molecule has 0 atom stereocenters. The summed E-state index contributed by atoms with van der Waals surface area (Å²) in [6.07, 6.45) is 0. The molecule has 0 unspecified atom stereocenters. The van der Waals surface area contributed by atoms with Gasteiger partial charge in [0.2, 0.25) is 5.91 Å². The number of carbonyl (C=O) groups excluding carboxylic acids is 2. The van der Waals surface area contributed by atoms with Gasteiger partial charge in [-0.15, -0.1) is 0 Å². The van der Waals surface area contributed by atoms with E-state index >= 15 is 0 Å². The molecule has 1 N–H and O–H groups in total. The molecular weight excluding hydrogens is 228 g/mol. The van der Waals surface area contributed by atoms with E-state index in [2.05, 4.69) is 10.1 Å². The first-order valence-corrected chi connectivity index (χ1v) is 4.60. The van der Waals surface area contributed by atoms with Crippen LogP contribution >= 0.6 is 0 Å². The molecule has 7 nitrogen and oxygen atoms in total. The van der Waals surface area contributed by atoms with Crippen molar-refractivity contribution in [1.82, 2.24) is 0 Å². The van der Waals surface area contributed by atoms with Crippen molar-refractivity contribution in [2.45, 2.75) is 6.92 Å². The molecule has 0 aliphatic heterocycles. The zero-order valence-electron chi connectivity index (χ0n) is 9.22. The van der Waals surface area contributed by atoms with E-state index in [1.165, 1.54) is 25.1 Å². The van der Waals surface area contributed by atoms with Crippen molar-refractivity contribution in [1.29, 1.82) is 0 Å². The molecule has 0 aromatic heterocycles. The molecule has 0 heterocycles. The molecule has 1 amide bonds. The second-order valence-electron chi connectivity index (χ2n) is 3.13. The number of para-hydroxylation sites is 1. The highest BCUT2D eigenvalue weighted by Crippen LogP contribution is 2.28. The first-order chi connectivity index (χ1) is 7.97. The third kappa shape index (κ3) is 2.77. The predicted molar refractivity (Wildman–Crippen MR) is 58.7 cm³/mol. The molecule has 90 valence electrons. The summed E-state index contributed by atoms with van der Waals surface area (Å²) in [5.74, 6) is -1.26. The average molecular weight is 238 g/mol. The Kier molecular flexibility index (Phi) is 3.76. The zero-order chi connectivity index (χ0) is 13.0. The predicted octanol–water partition coefficient (Wildman–Crippen LogP) is 1.34. The van der Waals surface area contributed by atoms with E-state index in [9.17, 15) is 19.7 Å². The lowest BCUT2D eigenvalue weighted by Gasteiger charge is -2.08. The normalized spacial score (nSPS) is 9.53. The summed E-state index contributed by atoms with van der Waals surface area (Å²) in [7, 11) is 1.15. The lowest BCUT2D eigenvalue weighted by molar-refractivity contribution is -0.384. The maximum Gasteiger partial charge on any atom is 0.340 e. The van der Waals surface area contributed by atoms with Gasteiger partial charge in [0.25, 0.3) is 5.69 Å². The first kappa shape index (κ1) is 12.6. The number of nitro groups is 1. The number of amides is 1. The van der Waals surface area contributed by atoms with E-state index < -0.39 is 16.8 Å². The van der Waals surface area contributed by atoms with E-state index in [0.717, 1.165) is 7.11 Å². The van der Waals surface area contributed by atoms with Gasteiger partial charge in [-0.1, -0.05) is 6.07 Å². The molecule has 1 aromatic carbocycles. The van der Waals surface area contributed by atoms with Crippen molar-refractivity contribution in [2.75, 3.05) is 12.4 Å². The van der Waals surface area contributed by atoms with Gasteiger partial charge in [-0.3, -0.25) is 14.9 Å². The van der Waals surface area contributed by atoms with Gasteiger partial charge in [-0.2, -0.15) is 0 Å². The summed E-state index contributed by atoms with van der Waals surface area (Å²) in [4.78, 5) is 32.4. The SMILES string of the molecule is COC(=O)c1cccc([N+](=O)[O-])c1NC(C)=O. The van der Waals surface area contributed by atoms with Gasteiger partial charge in [0, 0.05) is 13.0 Å². The van der Waals surface area contributed by atoms with Crippen LogP contribution in [0.25, 0.3) is 0 Å². The van der Waals surface area contributed by atoms with Crippen LogP contribution in [0.1, 0.15) is 17.3 Å². The van der Waals surface area contributed by atoms with Crippen LogP contribution in [0.5, 0.6) is 0 Å². The van der Waals surface area contributed by atoms with Crippen molar-refractivity contribution >= 4 is 23.3 Å². The van der Waals surface area contributed by atoms with Crippen LogP contribution in [0.3, 0.4) is 0 Å². The Bertz CT molecular complexity index is 484. The fourth-order valence-electron chi connectivity index (χ4n) is 1.28. The maximum atomic E-state index is 11.4. The quantitative estimate of drug-likeness (QED) is 0.486. The third-order valence-electron chi connectivity index (χ3n) is 1.95. The van der Waals surface area contributed by atoms with Gasteiger partial charge in [0.15, 0.2) is 0 Å². The number of methoxy groups -OCH3 is 1. The molecule has 0 radical (unpaired) electrons. The van der Waals surface area contributed by atoms with Crippen molar-refractivity contribution in [3.8, 4) is 0 Å². The Morgan fingerprint density at radius 1 is 1.41 bits per heavy atom. The van der Waals surface area contributed by atoms with Crippen LogP contribution in [0.15, 0.2) is 18.2 Å².